The summed E-state index contributed by atoms with van der Waals surface area (Å²) in [6, 6.07) is 0. The van der Waals surface area contributed by atoms with Gasteiger partial charge < -0.3 is 10.2 Å². The van der Waals surface area contributed by atoms with Gasteiger partial charge in [-0.1, -0.05) is 40.7 Å². The molecule has 0 heterocycles. The maximum atomic E-state index is 11.2. The number of hydrogen-bond acceptors (Lipinski definition) is 2. The molecule has 2 spiro atoms. The van der Waals surface area contributed by atoms with E-state index in [1.807, 2.05) is 6.08 Å². The van der Waals surface area contributed by atoms with Crippen LogP contribution < -0.4 is 0 Å². The number of carboxylic acids is 1. The predicted molar refractivity (Wildman–Crippen MR) is 133 cm³/mol. The van der Waals surface area contributed by atoms with Gasteiger partial charge in [0.25, 0.3) is 0 Å². The van der Waals surface area contributed by atoms with Crippen LogP contribution in [0, 0.1) is 50.7 Å². The fourth-order valence-electron chi connectivity index (χ4n) is 11.2. The van der Waals surface area contributed by atoms with Crippen LogP contribution in [0.3, 0.4) is 0 Å². The molecule has 2 N–H and O–H groups in total. The van der Waals surface area contributed by atoms with E-state index in [-0.39, 0.29) is 11.5 Å². The molecule has 9 atom stereocenters. The Hall–Kier alpha value is -0.830. The molecule has 3 nitrogen and oxygen atoms in total. The minimum atomic E-state index is -0.784. The highest BCUT2D eigenvalue weighted by atomic mass is 16.4. The number of carbonyl (C=O) groups is 1. The van der Waals surface area contributed by atoms with Gasteiger partial charge in [0.1, 0.15) is 0 Å². The van der Waals surface area contributed by atoms with Crippen molar-refractivity contribution < 1.29 is 15.0 Å². The van der Waals surface area contributed by atoms with Crippen LogP contribution >= 0.6 is 0 Å². The Morgan fingerprint density at radius 1 is 0.939 bits per heavy atom. The Morgan fingerprint density at radius 3 is 2.30 bits per heavy atom. The second kappa shape index (κ2) is 7.34. The Labute approximate surface area is 201 Å². The van der Waals surface area contributed by atoms with Crippen molar-refractivity contribution in [2.24, 2.45) is 50.7 Å². The summed E-state index contributed by atoms with van der Waals surface area (Å²) in [7, 11) is 0. The molecular formula is C30H48O3. The fourth-order valence-corrected chi connectivity index (χ4v) is 11.2. The first-order valence-corrected chi connectivity index (χ1v) is 13.9. The van der Waals surface area contributed by atoms with Crippen molar-refractivity contribution in [3.05, 3.63) is 11.6 Å². The quantitative estimate of drug-likeness (QED) is 0.429. The fraction of sp³-hybridized carbons (Fsp3) is 0.900. The highest BCUT2D eigenvalue weighted by molar-refractivity contribution is 5.85. The number of aliphatic hydroxyl groups is 1. The SMILES string of the molecule is C/C(=C\CC[C@@H](C)C1CC[C@@]2(C)[C@@H]3CC[C@H]4C(C)(C)[C@H](O)CC[C@@]45CC35CC[C@]12C)C(=O)O. The zero-order chi connectivity index (χ0) is 24.0. The molecule has 186 valence electrons. The molecule has 0 radical (unpaired) electrons. The lowest BCUT2D eigenvalue weighted by atomic mass is 9.41. The summed E-state index contributed by atoms with van der Waals surface area (Å²) in [5.74, 6) is 2.19. The monoisotopic (exact) mass is 456 g/mol. The van der Waals surface area contributed by atoms with E-state index in [1.54, 1.807) is 6.92 Å². The van der Waals surface area contributed by atoms with Crippen molar-refractivity contribution in [1.82, 2.24) is 0 Å². The van der Waals surface area contributed by atoms with Gasteiger partial charge >= 0.3 is 5.97 Å². The van der Waals surface area contributed by atoms with Crippen molar-refractivity contribution in [3.8, 4) is 0 Å². The highest BCUT2D eigenvalue weighted by Gasteiger charge is 2.82. The molecule has 5 aliphatic carbocycles. The second-order valence-corrected chi connectivity index (χ2v) is 14.3. The van der Waals surface area contributed by atoms with E-state index in [2.05, 4.69) is 34.6 Å². The topological polar surface area (TPSA) is 57.5 Å². The van der Waals surface area contributed by atoms with Crippen LogP contribution in [0.1, 0.15) is 112 Å². The van der Waals surface area contributed by atoms with Gasteiger partial charge in [-0.05, 0) is 128 Å². The first-order valence-electron chi connectivity index (χ1n) is 13.9. The summed E-state index contributed by atoms with van der Waals surface area (Å²) in [5, 5.41) is 20.0. The Balaban J connectivity index is 1.37. The van der Waals surface area contributed by atoms with E-state index in [9.17, 15) is 15.0 Å². The number of carboxylic acid groups (broad SMARTS) is 1. The summed E-state index contributed by atoms with van der Waals surface area (Å²) < 4.78 is 0. The highest BCUT2D eigenvalue weighted by Crippen LogP contribution is 2.89. The molecule has 0 saturated heterocycles. The molecule has 2 unspecified atom stereocenters. The molecule has 0 bridgehead atoms. The van der Waals surface area contributed by atoms with Crippen molar-refractivity contribution >= 4 is 5.97 Å². The summed E-state index contributed by atoms with van der Waals surface area (Å²) in [4.78, 5) is 11.2. The van der Waals surface area contributed by atoms with Gasteiger partial charge in [-0.25, -0.2) is 4.79 Å². The molecule has 5 aliphatic rings. The summed E-state index contributed by atoms with van der Waals surface area (Å²) in [5.41, 5.74) is 2.48. The van der Waals surface area contributed by atoms with E-state index >= 15 is 0 Å². The Bertz CT molecular complexity index is 859. The maximum Gasteiger partial charge on any atom is 0.330 e. The van der Waals surface area contributed by atoms with Gasteiger partial charge in [0.15, 0.2) is 0 Å². The van der Waals surface area contributed by atoms with E-state index in [0.29, 0.717) is 39.1 Å². The summed E-state index contributed by atoms with van der Waals surface area (Å²) in [6.07, 6.45) is 15.7. The minimum absolute atomic E-state index is 0.0721. The first-order chi connectivity index (χ1) is 15.4. The lowest BCUT2D eigenvalue weighted by molar-refractivity contribution is -0.161. The molecule has 33 heavy (non-hydrogen) atoms. The number of rotatable bonds is 5. The summed E-state index contributed by atoms with van der Waals surface area (Å²) in [6.45, 7) is 14.2. The normalized spacial score (nSPS) is 51.1. The molecular weight excluding hydrogens is 408 g/mol. The van der Waals surface area contributed by atoms with Gasteiger partial charge in [-0.15, -0.1) is 0 Å². The first kappa shape index (κ1) is 23.9. The molecule has 5 saturated carbocycles. The van der Waals surface area contributed by atoms with E-state index in [0.717, 1.165) is 31.1 Å². The number of fused-ring (bicyclic) bond motifs is 2. The smallest absolute Gasteiger partial charge is 0.330 e. The molecule has 0 aromatic rings. The van der Waals surface area contributed by atoms with Crippen molar-refractivity contribution in [2.75, 3.05) is 0 Å². The van der Waals surface area contributed by atoms with E-state index in [4.69, 9.17) is 0 Å². The Kier molecular flexibility index (Phi) is 5.31. The molecule has 0 aliphatic heterocycles. The molecule has 0 aromatic carbocycles. The van der Waals surface area contributed by atoms with Gasteiger partial charge in [0.05, 0.1) is 6.10 Å². The number of allylic oxidation sites excluding steroid dienone is 1. The van der Waals surface area contributed by atoms with Crippen LogP contribution in [0.2, 0.25) is 0 Å². The number of aliphatic carboxylic acids is 1. The van der Waals surface area contributed by atoms with Crippen LogP contribution in [0.15, 0.2) is 11.6 Å². The standard InChI is InChI=1S/C30H48O3/c1-19(8-7-9-20(2)25(32)33)21-12-14-28(6)23-11-10-22-26(3,4)24(31)13-15-29(22)18-30(23,29)17-16-27(21,28)5/h9,19,21-24,31H,7-8,10-18H2,1-6H3,(H,32,33)/b20-9+/t19-,21?,22+,23+,24-,27-,28+,29-,30?/m1/s1. The van der Waals surface area contributed by atoms with Gasteiger partial charge in [-0.3, -0.25) is 0 Å². The van der Waals surface area contributed by atoms with Gasteiger partial charge in [0, 0.05) is 5.57 Å². The molecule has 0 aromatic heterocycles. The van der Waals surface area contributed by atoms with Gasteiger partial charge in [-0.2, -0.15) is 0 Å². The Morgan fingerprint density at radius 2 is 1.61 bits per heavy atom. The van der Waals surface area contributed by atoms with Crippen molar-refractivity contribution in [2.45, 2.75) is 118 Å². The second-order valence-electron chi connectivity index (χ2n) is 14.3. The van der Waals surface area contributed by atoms with Gasteiger partial charge in [0.2, 0.25) is 0 Å². The van der Waals surface area contributed by atoms with Crippen LogP contribution in [0.25, 0.3) is 0 Å². The van der Waals surface area contributed by atoms with Crippen molar-refractivity contribution in [3.63, 3.8) is 0 Å². The largest absolute Gasteiger partial charge is 0.478 e. The van der Waals surface area contributed by atoms with Crippen LogP contribution in [-0.4, -0.2) is 22.3 Å². The lowest BCUT2D eigenvalue weighted by Gasteiger charge is -2.63. The van der Waals surface area contributed by atoms with Crippen LogP contribution in [0.5, 0.6) is 0 Å². The third-order valence-corrected chi connectivity index (χ3v) is 13.3. The summed E-state index contributed by atoms with van der Waals surface area (Å²) >= 11 is 0. The number of aliphatic hydroxyl groups excluding tert-OH is 1. The average molecular weight is 457 g/mol. The van der Waals surface area contributed by atoms with E-state index in [1.165, 1.54) is 51.4 Å². The third-order valence-electron chi connectivity index (χ3n) is 13.3. The predicted octanol–water partition coefficient (Wildman–Crippen LogP) is 7.23. The molecule has 0 amide bonds. The average Bonchev–Trinajstić information content (AvgIpc) is 3.33. The lowest BCUT2D eigenvalue weighted by Crippen LogP contribution is -2.57. The van der Waals surface area contributed by atoms with Crippen LogP contribution in [-0.2, 0) is 4.79 Å². The minimum Gasteiger partial charge on any atom is -0.478 e. The zero-order valence-electron chi connectivity index (χ0n) is 22.0. The van der Waals surface area contributed by atoms with Crippen LogP contribution in [0.4, 0.5) is 0 Å². The molecule has 3 heteroatoms. The zero-order valence-corrected chi connectivity index (χ0v) is 22.0. The third kappa shape index (κ3) is 2.93. The molecule has 5 fully saturated rings. The maximum absolute atomic E-state index is 11.2. The molecule has 5 rings (SSSR count). The number of hydrogen-bond donors (Lipinski definition) is 2. The van der Waals surface area contributed by atoms with E-state index < -0.39 is 5.97 Å². The van der Waals surface area contributed by atoms with Crippen molar-refractivity contribution in [1.29, 1.82) is 0 Å².